The Hall–Kier alpha value is -3.65. The van der Waals surface area contributed by atoms with Gasteiger partial charge in [-0.1, -0.05) is 60.7 Å². The third kappa shape index (κ3) is 4.01. The number of aromatic amines is 1. The zero-order valence-corrected chi connectivity index (χ0v) is 13.4. The van der Waals surface area contributed by atoms with Crippen LogP contribution in [0.1, 0.15) is 11.1 Å². The molecule has 1 heterocycles. The maximum atomic E-state index is 12.3. The summed E-state index contributed by atoms with van der Waals surface area (Å²) < 4.78 is 0. The lowest BCUT2D eigenvalue weighted by molar-refractivity contribution is -0.117. The average Bonchev–Trinajstić information content (AvgIpc) is 3.14. The van der Waals surface area contributed by atoms with Crippen LogP contribution in [0, 0.1) is 11.3 Å². The largest absolute Gasteiger partial charge is 0.347 e. The first-order chi connectivity index (χ1) is 12.3. The molecule has 1 amide bonds. The molecule has 0 fully saturated rings. The number of aromatic nitrogens is 2. The maximum absolute atomic E-state index is 12.3. The second-order valence-corrected chi connectivity index (χ2v) is 5.40. The van der Waals surface area contributed by atoms with E-state index in [1.54, 1.807) is 12.3 Å². The van der Waals surface area contributed by atoms with Crippen molar-refractivity contribution in [3.8, 4) is 17.3 Å². The highest BCUT2D eigenvalue weighted by molar-refractivity contribution is 6.02. The molecule has 25 heavy (non-hydrogen) atoms. The molecule has 0 unspecified atom stereocenters. The fraction of sp³-hybridized carbons (Fsp3) is 0.0500. The molecule has 2 N–H and O–H groups in total. The number of nitrogens with zero attached hydrogens (tertiary/aromatic N) is 2. The number of carbonyl (C=O) groups excluding carboxylic acids is 1. The van der Waals surface area contributed by atoms with Gasteiger partial charge in [0.15, 0.2) is 0 Å². The van der Waals surface area contributed by atoms with E-state index in [4.69, 9.17) is 0 Å². The van der Waals surface area contributed by atoms with Gasteiger partial charge in [-0.25, -0.2) is 0 Å². The van der Waals surface area contributed by atoms with Crippen LogP contribution in [0.25, 0.3) is 17.3 Å². The summed E-state index contributed by atoms with van der Waals surface area (Å²) in [6, 6.07) is 21.1. The predicted octanol–water partition coefficient (Wildman–Crippen LogP) is 3.30. The Kier molecular flexibility index (Phi) is 5.03. The third-order valence-corrected chi connectivity index (χ3v) is 3.69. The van der Waals surface area contributed by atoms with Crippen LogP contribution in [0.4, 0.5) is 0 Å². The summed E-state index contributed by atoms with van der Waals surface area (Å²) in [4.78, 5) is 12.3. The van der Waals surface area contributed by atoms with Crippen molar-refractivity contribution >= 4 is 12.0 Å². The molecule has 0 saturated carbocycles. The Morgan fingerprint density at radius 1 is 1.12 bits per heavy atom. The van der Waals surface area contributed by atoms with Crippen molar-refractivity contribution in [1.29, 1.82) is 5.26 Å². The van der Waals surface area contributed by atoms with Crippen LogP contribution in [0.5, 0.6) is 0 Å². The highest BCUT2D eigenvalue weighted by atomic mass is 16.1. The van der Waals surface area contributed by atoms with Crippen LogP contribution >= 0.6 is 0 Å². The second kappa shape index (κ2) is 7.75. The van der Waals surface area contributed by atoms with Crippen molar-refractivity contribution < 1.29 is 4.79 Å². The molecule has 3 aromatic rings. The molecule has 0 aliphatic heterocycles. The van der Waals surface area contributed by atoms with E-state index in [1.807, 2.05) is 66.7 Å². The quantitative estimate of drug-likeness (QED) is 0.557. The number of H-pyrrole nitrogens is 1. The zero-order valence-electron chi connectivity index (χ0n) is 13.4. The van der Waals surface area contributed by atoms with Crippen molar-refractivity contribution in [2.75, 3.05) is 0 Å². The van der Waals surface area contributed by atoms with Crippen molar-refractivity contribution in [3.63, 3.8) is 0 Å². The number of carbonyl (C=O) groups is 1. The Morgan fingerprint density at radius 3 is 2.48 bits per heavy atom. The molecule has 0 radical (unpaired) electrons. The van der Waals surface area contributed by atoms with Gasteiger partial charge in [-0.3, -0.25) is 9.89 Å². The maximum Gasteiger partial charge on any atom is 0.262 e. The van der Waals surface area contributed by atoms with Gasteiger partial charge < -0.3 is 5.32 Å². The fourth-order valence-corrected chi connectivity index (χ4v) is 2.42. The molecular weight excluding hydrogens is 312 g/mol. The van der Waals surface area contributed by atoms with Gasteiger partial charge in [0.05, 0.1) is 11.9 Å². The molecule has 0 aliphatic carbocycles. The molecule has 0 spiro atoms. The number of nitriles is 1. The lowest BCUT2D eigenvalue weighted by atomic mass is 10.1. The summed E-state index contributed by atoms with van der Waals surface area (Å²) in [5.74, 6) is -0.411. The van der Waals surface area contributed by atoms with Gasteiger partial charge in [-0.2, -0.15) is 10.4 Å². The normalized spacial score (nSPS) is 10.9. The van der Waals surface area contributed by atoms with E-state index in [0.29, 0.717) is 12.1 Å². The van der Waals surface area contributed by atoms with Gasteiger partial charge >= 0.3 is 0 Å². The van der Waals surface area contributed by atoms with E-state index in [-0.39, 0.29) is 5.57 Å². The van der Waals surface area contributed by atoms with E-state index < -0.39 is 5.91 Å². The molecule has 0 aliphatic rings. The predicted molar refractivity (Wildman–Crippen MR) is 95.9 cm³/mol. The first-order valence-corrected chi connectivity index (χ1v) is 7.80. The summed E-state index contributed by atoms with van der Waals surface area (Å²) in [5, 5.41) is 19.0. The summed E-state index contributed by atoms with van der Waals surface area (Å²) in [5.41, 5.74) is 3.41. The highest BCUT2D eigenvalue weighted by Crippen LogP contribution is 2.22. The van der Waals surface area contributed by atoms with Crippen LogP contribution in [-0.2, 0) is 11.3 Å². The molecule has 3 rings (SSSR count). The first-order valence-electron chi connectivity index (χ1n) is 7.80. The monoisotopic (exact) mass is 328 g/mol. The van der Waals surface area contributed by atoms with E-state index >= 15 is 0 Å². The van der Waals surface area contributed by atoms with Crippen LogP contribution in [0.2, 0.25) is 0 Å². The van der Waals surface area contributed by atoms with Gasteiger partial charge in [0, 0.05) is 17.7 Å². The van der Waals surface area contributed by atoms with Gasteiger partial charge in [-0.15, -0.1) is 0 Å². The topological polar surface area (TPSA) is 81.6 Å². The number of benzene rings is 2. The molecule has 0 atom stereocenters. The Bertz CT molecular complexity index is 921. The zero-order chi connectivity index (χ0) is 17.5. The third-order valence-electron chi connectivity index (χ3n) is 3.69. The minimum absolute atomic E-state index is 0.0366. The van der Waals surface area contributed by atoms with Crippen molar-refractivity contribution in [1.82, 2.24) is 15.5 Å². The number of nitrogens with one attached hydrogen (secondary N) is 2. The van der Waals surface area contributed by atoms with Crippen LogP contribution in [0.3, 0.4) is 0 Å². The van der Waals surface area contributed by atoms with Gasteiger partial charge in [-0.05, 0) is 11.6 Å². The smallest absolute Gasteiger partial charge is 0.262 e. The summed E-state index contributed by atoms with van der Waals surface area (Å²) in [6.45, 7) is 0.371. The van der Waals surface area contributed by atoms with Crippen LogP contribution in [-0.4, -0.2) is 16.1 Å². The molecule has 0 bridgehead atoms. The standard InChI is InChI=1S/C20H16N4O/c21-12-17(20(25)22-13-15-7-3-1-4-8-15)11-18-14-23-24-19(18)16-9-5-2-6-10-16/h1-11,14H,13H2,(H,22,25)(H,23,24). The van der Waals surface area contributed by atoms with E-state index in [0.717, 1.165) is 16.8 Å². The molecule has 5 heteroatoms. The Labute approximate surface area is 145 Å². The molecule has 5 nitrogen and oxygen atoms in total. The van der Waals surface area contributed by atoms with E-state index in [1.165, 1.54) is 0 Å². The van der Waals surface area contributed by atoms with Crippen molar-refractivity contribution in [2.24, 2.45) is 0 Å². The second-order valence-electron chi connectivity index (χ2n) is 5.40. The lowest BCUT2D eigenvalue weighted by Crippen LogP contribution is -2.23. The van der Waals surface area contributed by atoms with Crippen LogP contribution < -0.4 is 5.32 Å². The molecule has 1 aromatic heterocycles. The SMILES string of the molecule is N#CC(=Cc1cn[nH]c1-c1ccccc1)C(=O)NCc1ccccc1. The summed E-state index contributed by atoms with van der Waals surface area (Å²) in [7, 11) is 0. The van der Waals surface area contributed by atoms with Gasteiger partial charge in [0.25, 0.3) is 5.91 Å². The summed E-state index contributed by atoms with van der Waals surface area (Å²) in [6.07, 6.45) is 3.15. The highest BCUT2D eigenvalue weighted by Gasteiger charge is 2.12. The minimum Gasteiger partial charge on any atom is -0.347 e. The minimum atomic E-state index is -0.411. The fourth-order valence-electron chi connectivity index (χ4n) is 2.42. The number of hydrogen-bond donors (Lipinski definition) is 2. The average molecular weight is 328 g/mol. The van der Waals surface area contributed by atoms with Gasteiger partial charge in [0.2, 0.25) is 0 Å². The molecule has 0 saturated heterocycles. The number of amides is 1. The van der Waals surface area contributed by atoms with E-state index in [9.17, 15) is 10.1 Å². The molecule has 2 aromatic carbocycles. The number of rotatable bonds is 5. The Balaban J connectivity index is 1.78. The van der Waals surface area contributed by atoms with Crippen molar-refractivity contribution in [3.05, 3.63) is 83.6 Å². The summed E-state index contributed by atoms with van der Waals surface area (Å²) >= 11 is 0. The first kappa shape index (κ1) is 16.2. The molecule has 122 valence electrons. The van der Waals surface area contributed by atoms with E-state index in [2.05, 4.69) is 15.5 Å². The Morgan fingerprint density at radius 2 is 1.80 bits per heavy atom. The molecular formula is C20H16N4O. The van der Waals surface area contributed by atoms with Crippen molar-refractivity contribution in [2.45, 2.75) is 6.54 Å². The van der Waals surface area contributed by atoms with Crippen LogP contribution in [0.15, 0.2) is 72.4 Å². The lowest BCUT2D eigenvalue weighted by Gasteiger charge is -2.04. The van der Waals surface area contributed by atoms with Gasteiger partial charge in [0.1, 0.15) is 11.6 Å². The number of hydrogen-bond acceptors (Lipinski definition) is 3.